The SMILES string of the molecule is CC(C)(C)OC(=O)NN1CCN(S(=O)(=O)NC(=O)N2C[C@H](OC(N)=O)C2=O)C1=O. The lowest BCUT2D eigenvalue weighted by Crippen LogP contribution is -2.64. The number of imide groups is 1. The van der Waals surface area contributed by atoms with E-state index in [0.29, 0.717) is 14.2 Å². The third-order valence-corrected chi connectivity index (χ3v) is 4.85. The molecule has 29 heavy (non-hydrogen) atoms. The van der Waals surface area contributed by atoms with Crippen molar-refractivity contribution in [1.29, 1.82) is 0 Å². The number of nitrogens with two attached hydrogens (primary N) is 1. The average molecular weight is 436 g/mol. The molecule has 0 spiro atoms. The molecular weight excluding hydrogens is 416 g/mol. The van der Waals surface area contributed by atoms with Crippen LogP contribution in [0.4, 0.5) is 19.2 Å². The van der Waals surface area contributed by atoms with Crippen LogP contribution in [0, 0.1) is 0 Å². The number of amides is 7. The van der Waals surface area contributed by atoms with E-state index in [1.54, 1.807) is 25.5 Å². The zero-order valence-corrected chi connectivity index (χ0v) is 16.5. The lowest BCUT2D eigenvalue weighted by atomic mass is 10.1. The minimum absolute atomic E-state index is 0.204. The first-order chi connectivity index (χ1) is 13.2. The third-order valence-electron chi connectivity index (χ3n) is 3.50. The Morgan fingerprint density at radius 3 is 2.31 bits per heavy atom. The van der Waals surface area contributed by atoms with Crippen molar-refractivity contribution in [2.24, 2.45) is 5.73 Å². The topological polar surface area (TPSA) is 198 Å². The molecule has 0 radical (unpaired) electrons. The van der Waals surface area contributed by atoms with Gasteiger partial charge in [-0.05, 0) is 20.8 Å². The Morgan fingerprint density at radius 2 is 1.79 bits per heavy atom. The number of primary amides is 1. The molecule has 2 aliphatic heterocycles. The number of nitrogens with one attached hydrogen (secondary N) is 2. The Kier molecular flexibility index (Phi) is 5.77. The number of ether oxygens (including phenoxy) is 2. The van der Waals surface area contributed by atoms with Gasteiger partial charge in [-0.15, -0.1) is 0 Å². The van der Waals surface area contributed by atoms with Gasteiger partial charge in [-0.25, -0.2) is 38.6 Å². The standard InChI is InChI=1S/C13H20N6O9S/c1-13(2,3)28-11(23)15-18-4-5-19(12(18)24)29(25,26)16-10(22)17-6-7(8(17)20)27-9(14)21/h7H,4-6H2,1-3H3,(H2,14,21)(H,15,23)(H,16,22)/t7-/m0/s1. The number of carbonyl (C=O) groups is 5. The number of hydrogen-bond donors (Lipinski definition) is 3. The average Bonchev–Trinajstić information content (AvgIpc) is 2.89. The van der Waals surface area contributed by atoms with E-state index in [1.807, 2.05) is 0 Å². The molecule has 162 valence electrons. The molecule has 0 aromatic rings. The van der Waals surface area contributed by atoms with Crippen molar-refractivity contribution in [3.63, 3.8) is 0 Å². The molecular formula is C13H20N6O9S. The van der Waals surface area contributed by atoms with Crippen LogP contribution in [0.25, 0.3) is 0 Å². The lowest BCUT2D eigenvalue weighted by molar-refractivity contribution is -0.150. The first kappa shape index (κ1) is 22.0. The summed E-state index contributed by atoms with van der Waals surface area (Å²) in [6, 6.07) is -2.48. The summed E-state index contributed by atoms with van der Waals surface area (Å²) in [5.41, 5.74) is 6.01. The molecule has 2 rings (SSSR count). The molecule has 7 amide bonds. The Balaban J connectivity index is 1.94. The van der Waals surface area contributed by atoms with Crippen molar-refractivity contribution in [1.82, 2.24) is 24.4 Å². The van der Waals surface area contributed by atoms with Gasteiger partial charge >= 0.3 is 34.5 Å². The second kappa shape index (κ2) is 7.61. The Hall–Kier alpha value is -3.30. The van der Waals surface area contributed by atoms with Gasteiger partial charge in [0.1, 0.15) is 5.60 Å². The van der Waals surface area contributed by atoms with E-state index in [9.17, 15) is 32.4 Å². The summed E-state index contributed by atoms with van der Waals surface area (Å²) >= 11 is 0. The normalized spacial score (nSPS) is 19.6. The number of β-lactam (4-membered cyclic amide) rings is 1. The number of urea groups is 2. The molecule has 15 nitrogen and oxygen atoms in total. The van der Waals surface area contributed by atoms with Gasteiger partial charge in [0.2, 0.25) is 6.10 Å². The second-order valence-electron chi connectivity index (χ2n) is 6.91. The predicted molar refractivity (Wildman–Crippen MR) is 91.8 cm³/mol. The fourth-order valence-electron chi connectivity index (χ4n) is 2.28. The molecule has 2 aliphatic rings. The van der Waals surface area contributed by atoms with E-state index in [0.717, 1.165) is 0 Å². The van der Waals surface area contributed by atoms with Gasteiger partial charge in [0.05, 0.1) is 19.6 Å². The number of nitrogens with zero attached hydrogens (tertiary/aromatic N) is 3. The molecule has 16 heteroatoms. The van der Waals surface area contributed by atoms with Crippen molar-refractivity contribution in [3.05, 3.63) is 0 Å². The fourth-order valence-corrected chi connectivity index (χ4v) is 3.35. The Labute approximate surface area is 165 Å². The largest absolute Gasteiger partial charge is 0.443 e. The second-order valence-corrected chi connectivity index (χ2v) is 8.50. The van der Waals surface area contributed by atoms with E-state index in [1.165, 1.54) is 0 Å². The monoisotopic (exact) mass is 436 g/mol. The highest BCUT2D eigenvalue weighted by Crippen LogP contribution is 2.16. The molecule has 0 unspecified atom stereocenters. The minimum Gasteiger partial charge on any atom is -0.443 e. The summed E-state index contributed by atoms with van der Waals surface area (Å²) in [6.45, 7) is 3.81. The number of rotatable bonds is 4. The van der Waals surface area contributed by atoms with Crippen LogP contribution >= 0.6 is 0 Å². The molecule has 0 saturated carbocycles. The van der Waals surface area contributed by atoms with Crippen LogP contribution in [0.15, 0.2) is 0 Å². The molecule has 0 bridgehead atoms. The smallest absolute Gasteiger partial charge is 0.426 e. The number of hydrogen-bond acceptors (Lipinski definition) is 9. The first-order valence-corrected chi connectivity index (χ1v) is 9.58. The van der Waals surface area contributed by atoms with Crippen molar-refractivity contribution in [2.45, 2.75) is 32.5 Å². The van der Waals surface area contributed by atoms with Crippen LogP contribution in [-0.2, 0) is 24.5 Å². The molecule has 2 saturated heterocycles. The van der Waals surface area contributed by atoms with Crippen molar-refractivity contribution in [3.8, 4) is 0 Å². The third kappa shape index (κ3) is 5.15. The molecule has 2 fully saturated rings. The van der Waals surface area contributed by atoms with Crippen LogP contribution in [-0.4, -0.2) is 84.1 Å². The summed E-state index contributed by atoms with van der Waals surface area (Å²) in [4.78, 5) is 58.6. The van der Waals surface area contributed by atoms with E-state index in [2.05, 4.69) is 10.2 Å². The van der Waals surface area contributed by atoms with Gasteiger partial charge in [-0.3, -0.25) is 9.69 Å². The van der Waals surface area contributed by atoms with E-state index in [4.69, 9.17) is 10.5 Å². The summed E-state index contributed by atoms with van der Waals surface area (Å²) < 4.78 is 35.8. The van der Waals surface area contributed by atoms with Gasteiger partial charge in [-0.1, -0.05) is 0 Å². The maximum atomic E-state index is 12.3. The molecule has 0 aromatic carbocycles. The molecule has 1 atom stereocenters. The van der Waals surface area contributed by atoms with Crippen molar-refractivity contribution < 1.29 is 41.9 Å². The summed E-state index contributed by atoms with van der Waals surface area (Å²) in [5, 5.41) is 0.698. The van der Waals surface area contributed by atoms with Gasteiger partial charge in [-0.2, -0.15) is 8.42 Å². The maximum absolute atomic E-state index is 12.3. The van der Waals surface area contributed by atoms with Crippen molar-refractivity contribution in [2.75, 3.05) is 19.6 Å². The molecule has 4 N–H and O–H groups in total. The van der Waals surface area contributed by atoms with Gasteiger partial charge < -0.3 is 15.2 Å². The predicted octanol–water partition coefficient (Wildman–Crippen LogP) is -1.58. The number of carbonyl (C=O) groups excluding carboxylic acids is 5. The lowest BCUT2D eigenvalue weighted by Gasteiger charge is -2.35. The number of hydrazine groups is 1. The van der Waals surface area contributed by atoms with E-state index >= 15 is 0 Å². The zero-order chi connectivity index (χ0) is 22.1. The van der Waals surface area contributed by atoms with Crippen LogP contribution < -0.4 is 15.9 Å². The maximum Gasteiger partial charge on any atom is 0.426 e. The molecule has 0 aromatic heterocycles. The van der Waals surface area contributed by atoms with Crippen LogP contribution in [0.2, 0.25) is 0 Å². The highest BCUT2D eigenvalue weighted by atomic mass is 32.2. The van der Waals surface area contributed by atoms with Crippen LogP contribution in [0.1, 0.15) is 20.8 Å². The quantitative estimate of drug-likeness (QED) is 0.435. The van der Waals surface area contributed by atoms with Crippen molar-refractivity contribution >= 4 is 40.4 Å². The van der Waals surface area contributed by atoms with E-state index in [-0.39, 0.29) is 13.1 Å². The van der Waals surface area contributed by atoms with E-state index < -0.39 is 58.6 Å². The highest BCUT2D eigenvalue weighted by Gasteiger charge is 2.46. The zero-order valence-electron chi connectivity index (χ0n) is 15.7. The fraction of sp³-hybridized carbons (Fsp3) is 0.615. The van der Waals surface area contributed by atoms with Gasteiger partial charge in [0.15, 0.2) is 0 Å². The highest BCUT2D eigenvalue weighted by molar-refractivity contribution is 7.88. The van der Waals surface area contributed by atoms with Crippen LogP contribution in [0.5, 0.6) is 0 Å². The number of likely N-dealkylation sites (tertiary alicyclic amines) is 1. The van der Waals surface area contributed by atoms with Gasteiger partial charge in [0.25, 0.3) is 5.91 Å². The first-order valence-electron chi connectivity index (χ1n) is 8.14. The van der Waals surface area contributed by atoms with Gasteiger partial charge in [0, 0.05) is 0 Å². The Bertz CT molecular complexity index is 851. The Morgan fingerprint density at radius 1 is 1.17 bits per heavy atom. The summed E-state index contributed by atoms with van der Waals surface area (Å²) in [7, 11) is -4.67. The van der Waals surface area contributed by atoms with Crippen LogP contribution in [0.3, 0.4) is 0 Å². The summed E-state index contributed by atoms with van der Waals surface area (Å²) in [6.07, 6.45) is -3.49. The minimum atomic E-state index is -4.67. The molecule has 2 heterocycles. The summed E-state index contributed by atoms with van der Waals surface area (Å²) in [5.74, 6) is -0.975. The molecule has 0 aliphatic carbocycles.